The molecule has 23 heavy (non-hydrogen) atoms. The van der Waals surface area contributed by atoms with Gasteiger partial charge >= 0.3 is 11.9 Å². The molecule has 0 saturated carbocycles. The van der Waals surface area contributed by atoms with Gasteiger partial charge in [-0.15, -0.1) is 11.3 Å². The molecule has 2 N–H and O–H groups in total. The molecule has 1 aromatic carbocycles. The maximum atomic E-state index is 12.5. The summed E-state index contributed by atoms with van der Waals surface area (Å²) in [5.74, 6) is -1.92. The molecule has 1 heterocycles. The Bertz CT molecular complexity index is 869. The fraction of sp³-hybridized carbons (Fsp3) is 0.143. The van der Waals surface area contributed by atoms with Crippen molar-refractivity contribution in [2.75, 3.05) is 11.8 Å². The number of ether oxygens (including phenoxy) is 1. The summed E-state index contributed by atoms with van der Waals surface area (Å²) in [4.78, 5) is 22.4. The number of nitrogens with one attached hydrogen (secondary N) is 1. The van der Waals surface area contributed by atoms with Gasteiger partial charge in [0.05, 0.1) is 18.4 Å². The van der Waals surface area contributed by atoms with Gasteiger partial charge in [-0.1, -0.05) is 6.07 Å². The van der Waals surface area contributed by atoms with Crippen LogP contribution in [0.25, 0.3) is 0 Å². The number of hydrogen-bond donors (Lipinski definition) is 2. The molecule has 7 nitrogen and oxygen atoms in total. The minimum absolute atomic E-state index is 0.0490. The normalized spacial score (nSPS) is 11.0. The quantitative estimate of drug-likeness (QED) is 0.797. The summed E-state index contributed by atoms with van der Waals surface area (Å²) in [5, 5.41) is 10.5. The van der Waals surface area contributed by atoms with E-state index in [9.17, 15) is 18.0 Å². The molecular weight excluding hydrogens is 342 g/mol. The third-order valence-corrected chi connectivity index (χ3v) is 5.45. The van der Waals surface area contributed by atoms with Crippen LogP contribution >= 0.6 is 11.3 Å². The van der Waals surface area contributed by atoms with Crippen LogP contribution in [0.2, 0.25) is 0 Å². The number of sulfonamides is 1. The van der Waals surface area contributed by atoms with Gasteiger partial charge in [0, 0.05) is 0 Å². The Morgan fingerprint density at radius 2 is 1.96 bits per heavy atom. The van der Waals surface area contributed by atoms with Crippen LogP contribution < -0.4 is 4.72 Å². The predicted octanol–water partition coefficient (Wildman–Crippen LogP) is 2.34. The summed E-state index contributed by atoms with van der Waals surface area (Å²) >= 11 is 0.944. The number of aromatic carboxylic acids is 1. The van der Waals surface area contributed by atoms with Crippen LogP contribution in [0.5, 0.6) is 0 Å². The van der Waals surface area contributed by atoms with E-state index < -0.39 is 22.0 Å². The van der Waals surface area contributed by atoms with Crippen molar-refractivity contribution in [1.82, 2.24) is 0 Å². The van der Waals surface area contributed by atoms with E-state index in [0.29, 0.717) is 5.56 Å². The molecule has 0 amide bonds. The highest BCUT2D eigenvalue weighted by molar-refractivity contribution is 7.93. The van der Waals surface area contributed by atoms with Crippen molar-refractivity contribution in [1.29, 1.82) is 0 Å². The number of carboxylic acid groups (broad SMARTS) is 1. The molecule has 0 aliphatic carbocycles. The first-order valence-electron chi connectivity index (χ1n) is 6.29. The van der Waals surface area contributed by atoms with Crippen LogP contribution in [0.15, 0.2) is 34.5 Å². The molecule has 2 rings (SSSR count). The van der Waals surface area contributed by atoms with Gasteiger partial charge in [0.2, 0.25) is 0 Å². The Balaban J connectivity index is 2.44. The predicted molar refractivity (Wildman–Crippen MR) is 84.6 cm³/mol. The summed E-state index contributed by atoms with van der Waals surface area (Å²) in [6, 6.07) is 5.38. The lowest BCUT2D eigenvalue weighted by molar-refractivity contribution is 0.0601. The highest BCUT2D eigenvalue weighted by Crippen LogP contribution is 2.26. The van der Waals surface area contributed by atoms with E-state index in [1.165, 1.54) is 29.6 Å². The van der Waals surface area contributed by atoms with Crippen LogP contribution in [0, 0.1) is 6.92 Å². The highest BCUT2D eigenvalue weighted by Gasteiger charge is 2.25. The van der Waals surface area contributed by atoms with Crippen LogP contribution in [-0.2, 0) is 14.8 Å². The molecule has 0 bridgehead atoms. The Morgan fingerprint density at radius 1 is 1.26 bits per heavy atom. The summed E-state index contributed by atoms with van der Waals surface area (Å²) in [5.41, 5.74) is 0.632. The van der Waals surface area contributed by atoms with Gasteiger partial charge in [0.1, 0.15) is 9.77 Å². The van der Waals surface area contributed by atoms with Gasteiger partial charge in [-0.05, 0) is 36.1 Å². The number of hydrogen-bond acceptors (Lipinski definition) is 6. The van der Waals surface area contributed by atoms with Crippen LogP contribution in [0.4, 0.5) is 5.69 Å². The standard InChI is InChI=1S/C14H13NO6S2/c1-8-3-4-9(13(16)17)7-10(8)15-23(19,20)11-5-6-22-12(11)14(18)21-2/h3-7,15H,1-2H3,(H,16,17). The summed E-state index contributed by atoms with van der Waals surface area (Å²) in [6.07, 6.45) is 0. The largest absolute Gasteiger partial charge is 0.478 e. The van der Waals surface area contributed by atoms with Crippen molar-refractivity contribution in [2.45, 2.75) is 11.8 Å². The number of carbonyl (C=O) groups is 2. The SMILES string of the molecule is COC(=O)c1sccc1S(=O)(=O)Nc1cc(C(=O)O)ccc1C. The molecule has 9 heteroatoms. The number of esters is 1. The van der Waals surface area contributed by atoms with E-state index in [1.54, 1.807) is 6.92 Å². The second kappa shape index (κ2) is 6.39. The molecule has 0 aliphatic rings. The minimum Gasteiger partial charge on any atom is -0.478 e. The van der Waals surface area contributed by atoms with Gasteiger partial charge in [0.25, 0.3) is 10.0 Å². The molecular formula is C14H13NO6S2. The molecule has 0 fully saturated rings. The third-order valence-electron chi connectivity index (χ3n) is 3.02. The fourth-order valence-electron chi connectivity index (χ4n) is 1.82. The molecule has 0 unspecified atom stereocenters. The molecule has 0 radical (unpaired) electrons. The molecule has 0 spiro atoms. The smallest absolute Gasteiger partial charge is 0.349 e. The number of rotatable bonds is 5. The lowest BCUT2D eigenvalue weighted by Gasteiger charge is -2.11. The van der Waals surface area contributed by atoms with Crippen LogP contribution in [0.1, 0.15) is 25.6 Å². The Labute approximate surface area is 136 Å². The van der Waals surface area contributed by atoms with E-state index >= 15 is 0 Å². The van der Waals surface area contributed by atoms with Crippen molar-refractivity contribution >= 4 is 39.0 Å². The van der Waals surface area contributed by atoms with E-state index in [0.717, 1.165) is 18.4 Å². The molecule has 0 atom stereocenters. The molecule has 1 aromatic heterocycles. The number of carboxylic acids is 1. The van der Waals surface area contributed by atoms with E-state index in [4.69, 9.17) is 5.11 Å². The first-order chi connectivity index (χ1) is 10.8. The van der Waals surface area contributed by atoms with Crippen LogP contribution in [-0.4, -0.2) is 32.6 Å². The Hall–Kier alpha value is -2.39. The van der Waals surface area contributed by atoms with E-state index in [-0.39, 0.29) is 21.0 Å². The lowest BCUT2D eigenvalue weighted by atomic mass is 10.1. The second-order valence-corrected chi connectivity index (χ2v) is 7.11. The lowest BCUT2D eigenvalue weighted by Crippen LogP contribution is -2.16. The van der Waals surface area contributed by atoms with Crippen molar-refractivity contribution in [3.05, 3.63) is 45.6 Å². The summed E-state index contributed by atoms with van der Waals surface area (Å²) in [7, 11) is -2.89. The monoisotopic (exact) mass is 355 g/mol. The highest BCUT2D eigenvalue weighted by atomic mass is 32.2. The van der Waals surface area contributed by atoms with Gasteiger partial charge in [-0.25, -0.2) is 18.0 Å². The second-order valence-electron chi connectivity index (χ2n) is 4.55. The van der Waals surface area contributed by atoms with Gasteiger partial charge in [-0.2, -0.15) is 0 Å². The summed E-state index contributed by atoms with van der Waals surface area (Å²) in [6.45, 7) is 1.64. The number of aryl methyl sites for hydroxylation is 1. The first-order valence-corrected chi connectivity index (χ1v) is 8.65. The van der Waals surface area contributed by atoms with E-state index in [2.05, 4.69) is 9.46 Å². The van der Waals surface area contributed by atoms with Crippen molar-refractivity contribution in [2.24, 2.45) is 0 Å². The topological polar surface area (TPSA) is 110 Å². The zero-order chi connectivity index (χ0) is 17.2. The first kappa shape index (κ1) is 17.0. The minimum atomic E-state index is -4.05. The van der Waals surface area contributed by atoms with Crippen molar-refractivity contribution in [3.63, 3.8) is 0 Å². The number of anilines is 1. The number of methoxy groups -OCH3 is 1. The van der Waals surface area contributed by atoms with E-state index in [1.807, 2.05) is 0 Å². The zero-order valence-corrected chi connectivity index (χ0v) is 13.8. The molecule has 2 aromatic rings. The Kier molecular flexibility index (Phi) is 4.71. The molecule has 0 aliphatic heterocycles. The number of benzene rings is 1. The third kappa shape index (κ3) is 3.51. The van der Waals surface area contributed by atoms with Gasteiger partial charge in [0.15, 0.2) is 0 Å². The zero-order valence-electron chi connectivity index (χ0n) is 12.2. The number of carbonyl (C=O) groups excluding carboxylic acids is 1. The Morgan fingerprint density at radius 3 is 2.57 bits per heavy atom. The number of thiophene rings is 1. The average molecular weight is 355 g/mol. The summed E-state index contributed by atoms with van der Waals surface area (Å²) < 4.78 is 31.8. The average Bonchev–Trinajstić information content (AvgIpc) is 2.98. The van der Waals surface area contributed by atoms with Crippen molar-refractivity contribution in [3.8, 4) is 0 Å². The maximum Gasteiger partial charge on any atom is 0.349 e. The molecule has 0 saturated heterocycles. The van der Waals surface area contributed by atoms with Crippen LogP contribution in [0.3, 0.4) is 0 Å². The van der Waals surface area contributed by atoms with Gasteiger partial charge < -0.3 is 9.84 Å². The molecule has 122 valence electrons. The van der Waals surface area contributed by atoms with Gasteiger partial charge in [-0.3, -0.25) is 4.72 Å². The fourth-order valence-corrected chi connectivity index (χ4v) is 4.27. The maximum absolute atomic E-state index is 12.5. The van der Waals surface area contributed by atoms with Crippen molar-refractivity contribution < 1.29 is 27.9 Å².